The van der Waals surface area contributed by atoms with Gasteiger partial charge in [-0.1, -0.05) is 0 Å². The molecule has 12 atom stereocenters. The number of nitrogens with zero attached hydrogens (tertiary/aromatic N) is 1. The van der Waals surface area contributed by atoms with Gasteiger partial charge in [-0.25, -0.2) is 8.78 Å². The van der Waals surface area contributed by atoms with Crippen LogP contribution in [0, 0.1) is 23.7 Å². The molecule has 5 saturated heterocycles. The molecule has 5 N–H and O–H groups in total. The monoisotopic (exact) mass is 592 g/mol. The van der Waals surface area contributed by atoms with Crippen molar-refractivity contribution >= 4 is 35.2 Å². The predicted octanol–water partition coefficient (Wildman–Crippen LogP) is 1.13. The Balaban J connectivity index is 1.14. The van der Waals surface area contributed by atoms with Crippen LogP contribution in [0.1, 0.15) is 39.5 Å². The van der Waals surface area contributed by atoms with E-state index in [0.717, 1.165) is 12.8 Å². The highest BCUT2D eigenvalue weighted by Crippen LogP contribution is 2.39. The summed E-state index contributed by atoms with van der Waals surface area (Å²) in [5.41, 5.74) is -0.329. The Bertz CT molecular complexity index is 881. The maximum atomic E-state index is 13.6. The lowest BCUT2D eigenvalue weighted by molar-refractivity contribution is -0.137. The number of carbonyl (C=O) groups excluding carboxylic acids is 2. The van der Waals surface area contributed by atoms with Crippen molar-refractivity contribution < 1.29 is 23.1 Å². The highest BCUT2D eigenvalue weighted by molar-refractivity contribution is 8.00. The number of methoxy groups -OCH3 is 1. The number of hydrogen-bond acceptors (Lipinski definition) is 8. The van der Waals surface area contributed by atoms with E-state index in [1.807, 2.05) is 11.8 Å². The van der Waals surface area contributed by atoms with Gasteiger partial charge in [-0.05, 0) is 51.4 Å². The zero-order valence-electron chi connectivity index (χ0n) is 22.9. The Hall–Kier alpha value is -0.760. The number of rotatable bonds is 6. The first-order valence-electron chi connectivity index (χ1n) is 14.3. The Morgan fingerprint density at radius 2 is 1.85 bits per heavy atom. The van der Waals surface area contributed by atoms with Crippen molar-refractivity contribution in [1.29, 1.82) is 0 Å². The first-order chi connectivity index (χ1) is 18.6. The molecule has 2 amide bonds. The largest absolute Gasteiger partial charge is 0.380 e. The van der Waals surface area contributed by atoms with Gasteiger partial charge in [0.15, 0.2) is 0 Å². The third-order valence-corrected chi connectivity index (χ3v) is 11.2. The fourth-order valence-corrected chi connectivity index (χ4v) is 9.07. The molecule has 9 nitrogen and oxygen atoms in total. The number of piperidine rings is 3. The molecule has 39 heavy (non-hydrogen) atoms. The van der Waals surface area contributed by atoms with Crippen LogP contribution >= 0.6 is 23.4 Å². The third-order valence-electron chi connectivity index (χ3n) is 9.53. The normalized spacial score (nSPS) is 44.8. The molecule has 0 aromatic carbocycles. The molecule has 0 bridgehead atoms. The predicted molar refractivity (Wildman–Crippen MR) is 148 cm³/mol. The number of alkyl halides is 3. The molecule has 0 spiro atoms. The first kappa shape index (κ1) is 29.7. The number of thioether (sulfide) groups is 1. The summed E-state index contributed by atoms with van der Waals surface area (Å²) < 4.78 is 32.0. The van der Waals surface area contributed by atoms with Crippen LogP contribution in [0.5, 0.6) is 0 Å². The van der Waals surface area contributed by atoms with Crippen LogP contribution in [-0.4, -0.2) is 103 Å². The Morgan fingerprint density at radius 3 is 2.54 bits per heavy atom. The van der Waals surface area contributed by atoms with Crippen LogP contribution < -0.4 is 26.6 Å². The Kier molecular flexibility index (Phi) is 9.62. The van der Waals surface area contributed by atoms with Gasteiger partial charge in [0.1, 0.15) is 5.50 Å². The minimum absolute atomic E-state index is 0.0239. The third kappa shape index (κ3) is 6.52. The standard InChI is InChI=1S/C26H43ClF2N6O3S/c1-12-6-15(16-7-22(27)31-9-20(16)38-3)17(8-30-12)24(36)34-26-33-19-10-35(11-21(19)39-26)25(37)14-4-5-18(23(28)29)32-13(14)2/h12-23,26,30-33H,4-11H2,1-3H3,(H,34,36). The van der Waals surface area contributed by atoms with Gasteiger partial charge in [-0.15, -0.1) is 23.4 Å². The maximum absolute atomic E-state index is 13.6. The average Bonchev–Trinajstić information content (AvgIpc) is 3.47. The second-order valence-corrected chi connectivity index (χ2v) is 13.9. The second-order valence-electron chi connectivity index (χ2n) is 12.0. The van der Waals surface area contributed by atoms with Crippen molar-refractivity contribution in [3.63, 3.8) is 0 Å². The molecule has 5 fully saturated rings. The number of fused-ring (bicyclic) bond motifs is 1. The van der Waals surface area contributed by atoms with Crippen molar-refractivity contribution in [2.45, 2.75) is 92.5 Å². The SMILES string of the molecule is COC1CNC(Cl)CC1C1CC(C)NCC1C(=O)NC1NC2CN(C(=O)C3CCC(C(F)F)NC3C)CC2S1. The van der Waals surface area contributed by atoms with Gasteiger partial charge < -0.3 is 25.6 Å². The number of amides is 2. The van der Waals surface area contributed by atoms with E-state index in [0.29, 0.717) is 45.1 Å². The summed E-state index contributed by atoms with van der Waals surface area (Å²) in [7, 11) is 1.73. The second kappa shape index (κ2) is 12.6. The highest BCUT2D eigenvalue weighted by Gasteiger charge is 2.48. The minimum atomic E-state index is -2.41. The van der Waals surface area contributed by atoms with Crippen molar-refractivity contribution in [2.75, 3.05) is 33.3 Å². The summed E-state index contributed by atoms with van der Waals surface area (Å²) in [6.07, 6.45) is 0.0628. The summed E-state index contributed by atoms with van der Waals surface area (Å²) in [4.78, 5) is 28.7. The number of hydrogen-bond donors (Lipinski definition) is 5. The van der Waals surface area contributed by atoms with Gasteiger partial charge >= 0.3 is 0 Å². The lowest BCUT2D eigenvalue weighted by Crippen LogP contribution is -2.57. The van der Waals surface area contributed by atoms with E-state index in [9.17, 15) is 18.4 Å². The summed E-state index contributed by atoms with van der Waals surface area (Å²) >= 11 is 8.12. The van der Waals surface area contributed by atoms with Gasteiger partial charge in [0.05, 0.1) is 29.5 Å². The summed E-state index contributed by atoms with van der Waals surface area (Å²) in [5, 5.41) is 16.6. The number of ether oxygens (including phenoxy) is 1. The molecule has 0 saturated carbocycles. The number of halogens is 3. The van der Waals surface area contributed by atoms with Crippen LogP contribution in [0.3, 0.4) is 0 Å². The summed E-state index contributed by atoms with van der Waals surface area (Å²) in [5.74, 6) is -0.00990. The van der Waals surface area contributed by atoms with E-state index in [4.69, 9.17) is 16.3 Å². The molecule has 12 unspecified atom stereocenters. The van der Waals surface area contributed by atoms with Gasteiger partial charge in [0.2, 0.25) is 11.8 Å². The van der Waals surface area contributed by atoms with Gasteiger partial charge in [0.25, 0.3) is 6.43 Å². The maximum Gasteiger partial charge on any atom is 0.253 e. The quantitative estimate of drug-likeness (QED) is 0.231. The topological polar surface area (TPSA) is 107 Å². The van der Waals surface area contributed by atoms with Crippen LogP contribution in [0.15, 0.2) is 0 Å². The number of carbonyl (C=O) groups is 2. The molecular weight excluding hydrogens is 550 g/mol. The molecule has 5 aliphatic rings. The average molecular weight is 593 g/mol. The van der Waals surface area contributed by atoms with Crippen molar-refractivity contribution in [2.24, 2.45) is 23.7 Å². The smallest absolute Gasteiger partial charge is 0.253 e. The molecule has 0 aromatic heterocycles. The fraction of sp³-hybridized carbons (Fsp3) is 0.923. The molecule has 13 heteroatoms. The summed E-state index contributed by atoms with van der Waals surface area (Å²) in [6, 6.07) is -0.697. The van der Waals surface area contributed by atoms with Crippen molar-refractivity contribution in [1.82, 2.24) is 31.5 Å². The van der Waals surface area contributed by atoms with Crippen LogP contribution in [0.25, 0.3) is 0 Å². The molecule has 5 aliphatic heterocycles. The van der Waals surface area contributed by atoms with Gasteiger partial charge in [-0.3, -0.25) is 20.2 Å². The van der Waals surface area contributed by atoms with Gasteiger partial charge in [-0.2, -0.15) is 0 Å². The highest BCUT2D eigenvalue weighted by atomic mass is 35.5. The van der Waals surface area contributed by atoms with E-state index in [1.54, 1.807) is 18.9 Å². The zero-order chi connectivity index (χ0) is 27.8. The van der Waals surface area contributed by atoms with E-state index in [2.05, 4.69) is 33.5 Å². The first-order valence-corrected chi connectivity index (χ1v) is 15.7. The Labute approximate surface area is 239 Å². The lowest BCUT2D eigenvalue weighted by Gasteiger charge is -2.45. The number of nitrogens with one attached hydrogen (secondary N) is 5. The van der Waals surface area contributed by atoms with Crippen LogP contribution in [0.4, 0.5) is 8.78 Å². The molecular formula is C26H43ClF2N6O3S. The van der Waals surface area contributed by atoms with E-state index in [1.165, 1.54) is 0 Å². The number of likely N-dealkylation sites (tertiary alicyclic amines) is 1. The van der Waals surface area contributed by atoms with Gasteiger partial charge in [0, 0.05) is 56.7 Å². The molecule has 5 heterocycles. The minimum Gasteiger partial charge on any atom is -0.380 e. The lowest BCUT2D eigenvalue weighted by atomic mass is 9.70. The van der Waals surface area contributed by atoms with Crippen LogP contribution in [0.2, 0.25) is 0 Å². The molecule has 0 aromatic rings. The van der Waals surface area contributed by atoms with E-state index < -0.39 is 12.5 Å². The van der Waals surface area contributed by atoms with E-state index in [-0.39, 0.29) is 69.9 Å². The zero-order valence-corrected chi connectivity index (χ0v) is 24.4. The molecule has 0 aliphatic carbocycles. The summed E-state index contributed by atoms with van der Waals surface area (Å²) in [6.45, 7) is 6.46. The molecule has 5 rings (SSSR count). The molecule has 0 radical (unpaired) electrons. The fourth-order valence-electron chi connectivity index (χ4n) is 7.36. The van der Waals surface area contributed by atoms with Crippen molar-refractivity contribution in [3.8, 4) is 0 Å². The van der Waals surface area contributed by atoms with Crippen LogP contribution in [-0.2, 0) is 14.3 Å². The Morgan fingerprint density at radius 1 is 1.05 bits per heavy atom. The molecule has 222 valence electrons. The van der Waals surface area contributed by atoms with E-state index >= 15 is 0 Å². The van der Waals surface area contributed by atoms with Crippen molar-refractivity contribution in [3.05, 3.63) is 0 Å².